The van der Waals surface area contributed by atoms with Crippen molar-refractivity contribution in [3.05, 3.63) is 76.6 Å². The molecule has 5 rings (SSSR count). The largest absolute Gasteiger partial charge is 0.493 e. The van der Waals surface area contributed by atoms with Gasteiger partial charge in [-0.25, -0.2) is 12.8 Å². The maximum absolute atomic E-state index is 15.2. The third-order valence-corrected chi connectivity index (χ3v) is 8.59. The molecular formula is C31H33FO7S. The number of fused-ring (bicyclic) bond motifs is 2. The number of rotatable bonds is 10. The van der Waals surface area contributed by atoms with Crippen LogP contribution in [-0.2, 0) is 25.8 Å². The van der Waals surface area contributed by atoms with E-state index in [-0.39, 0.29) is 29.9 Å². The van der Waals surface area contributed by atoms with Crippen molar-refractivity contribution in [1.82, 2.24) is 0 Å². The van der Waals surface area contributed by atoms with Crippen LogP contribution in [0.15, 0.2) is 48.5 Å². The summed E-state index contributed by atoms with van der Waals surface area (Å²) in [4.78, 5) is 11.7. The van der Waals surface area contributed by atoms with E-state index in [1.54, 1.807) is 12.1 Å². The zero-order chi connectivity index (χ0) is 28.4. The lowest BCUT2D eigenvalue weighted by Gasteiger charge is -2.18. The van der Waals surface area contributed by atoms with E-state index in [1.165, 1.54) is 19.4 Å². The molecule has 3 aromatic rings. The quantitative estimate of drug-likeness (QED) is 0.228. The second-order valence-corrected chi connectivity index (χ2v) is 12.6. The number of sulfone groups is 1. The molecule has 1 aliphatic heterocycles. The van der Waals surface area contributed by atoms with Crippen LogP contribution in [0.3, 0.4) is 0 Å². The van der Waals surface area contributed by atoms with E-state index in [2.05, 4.69) is 0 Å². The van der Waals surface area contributed by atoms with Gasteiger partial charge in [-0.1, -0.05) is 24.3 Å². The molecule has 1 heterocycles. The van der Waals surface area contributed by atoms with Crippen molar-refractivity contribution in [2.24, 2.45) is 0 Å². The molecule has 9 heteroatoms. The number of halogens is 1. The number of hydrogen-bond donors (Lipinski definition) is 0. The van der Waals surface area contributed by atoms with Crippen LogP contribution >= 0.6 is 0 Å². The first-order chi connectivity index (χ1) is 19.1. The molecule has 0 bridgehead atoms. The van der Waals surface area contributed by atoms with Gasteiger partial charge in [0.1, 0.15) is 39.0 Å². The summed E-state index contributed by atoms with van der Waals surface area (Å²) < 4.78 is 60.9. The average molecular weight is 569 g/mol. The lowest BCUT2D eigenvalue weighted by Crippen LogP contribution is -2.09. The molecule has 0 spiro atoms. The molecular weight excluding hydrogens is 535 g/mol. The van der Waals surface area contributed by atoms with E-state index in [0.29, 0.717) is 55.3 Å². The molecule has 0 unspecified atom stereocenters. The Kier molecular flexibility index (Phi) is 8.03. The maximum Gasteiger partial charge on any atom is 0.306 e. The van der Waals surface area contributed by atoms with Gasteiger partial charge in [-0.2, -0.15) is 0 Å². The minimum absolute atomic E-state index is 0.0635. The predicted octanol–water partition coefficient (Wildman–Crippen LogP) is 5.72. The van der Waals surface area contributed by atoms with Crippen LogP contribution < -0.4 is 14.2 Å². The molecule has 0 fully saturated rings. The second kappa shape index (κ2) is 11.5. The number of carbonyl (C=O) groups is 1. The maximum atomic E-state index is 15.2. The Balaban J connectivity index is 1.35. The summed E-state index contributed by atoms with van der Waals surface area (Å²) in [6.45, 7) is 2.65. The third kappa shape index (κ3) is 5.94. The highest BCUT2D eigenvalue weighted by molar-refractivity contribution is 7.90. The molecule has 7 nitrogen and oxygen atoms in total. The zero-order valence-electron chi connectivity index (χ0n) is 22.9. The Bertz CT molecular complexity index is 1530. The zero-order valence-corrected chi connectivity index (χ0v) is 23.7. The average Bonchev–Trinajstić information content (AvgIpc) is 3.52. The summed E-state index contributed by atoms with van der Waals surface area (Å²) in [5.74, 6) is 1.36. The summed E-state index contributed by atoms with van der Waals surface area (Å²) in [5, 5.41) is 0. The van der Waals surface area contributed by atoms with Gasteiger partial charge < -0.3 is 18.9 Å². The van der Waals surface area contributed by atoms with Crippen molar-refractivity contribution in [3.8, 4) is 28.4 Å². The standard InChI is InChI=1S/C31H33FO7S/c1-19-22(6-4-7-27(19)37-14-5-15-40(3,34)35)24-10-12-26(32)31-25(24)11-13-28(31)39-21-8-9-23-20(16-30(33)36-2)18-38-29(23)17-21/h4,6-10,12,17,20,28H,5,11,13-16,18H2,1-3H3/t20-,28-/m1/s1. The van der Waals surface area contributed by atoms with Crippen molar-refractivity contribution >= 4 is 15.8 Å². The monoisotopic (exact) mass is 568 g/mol. The number of carbonyl (C=O) groups excluding carboxylic acids is 1. The molecule has 3 aromatic carbocycles. The number of esters is 1. The van der Waals surface area contributed by atoms with E-state index >= 15 is 4.39 Å². The van der Waals surface area contributed by atoms with Gasteiger partial charge in [-0.05, 0) is 66.6 Å². The third-order valence-electron chi connectivity index (χ3n) is 7.56. The molecule has 2 aliphatic rings. The Labute approximate surface area is 234 Å². The van der Waals surface area contributed by atoms with Crippen LogP contribution in [0.4, 0.5) is 4.39 Å². The minimum atomic E-state index is -3.04. The highest BCUT2D eigenvalue weighted by atomic mass is 32.2. The van der Waals surface area contributed by atoms with Crippen molar-refractivity contribution in [2.75, 3.05) is 32.3 Å². The Morgan fingerprint density at radius 2 is 1.95 bits per heavy atom. The van der Waals surface area contributed by atoms with Crippen LogP contribution in [0, 0.1) is 12.7 Å². The summed E-state index contributed by atoms with van der Waals surface area (Å²) in [6, 6.07) is 14.6. The van der Waals surface area contributed by atoms with Gasteiger partial charge in [0.2, 0.25) is 0 Å². The fourth-order valence-electron chi connectivity index (χ4n) is 5.56. The lowest BCUT2D eigenvalue weighted by atomic mass is 9.93. The van der Waals surface area contributed by atoms with Crippen molar-refractivity contribution in [1.29, 1.82) is 0 Å². The highest BCUT2D eigenvalue weighted by Gasteiger charge is 2.32. The Morgan fingerprint density at radius 3 is 2.73 bits per heavy atom. The summed E-state index contributed by atoms with van der Waals surface area (Å²) in [6.07, 6.45) is 2.72. The SMILES string of the molecule is COC(=O)C[C@@H]1COc2cc(O[C@@H]3CCc4c(-c5cccc(OCCCS(C)(=O)=O)c5C)ccc(F)c43)ccc21. The molecule has 40 heavy (non-hydrogen) atoms. The van der Waals surface area contributed by atoms with Gasteiger partial charge in [0.25, 0.3) is 0 Å². The Morgan fingerprint density at radius 1 is 1.12 bits per heavy atom. The smallest absolute Gasteiger partial charge is 0.306 e. The fourth-order valence-corrected chi connectivity index (χ4v) is 6.20. The van der Waals surface area contributed by atoms with Crippen LogP contribution in [0.5, 0.6) is 17.2 Å². The minimum Gasteiger partial charge on any atom is -0.493 e. The fraction of sp³-hybridized carbons (Fsp3) is 0.387. The van der Waals surface area contributed by atoms with Crippen LogP contribution in [-0.4, -0.2) is 46.7 Å². The van der Waals surface area contributed by atoms with Crippen LogP contribution in [0.25, 0.3) is 11.1 Å². The molecule has 1 aliphatic carbocycles. The molecule has 0 radical (unpaired) electrons. The van der Waals surface area contributed by atoms with Gasteiger partial charge in [-0.15, -0.1) is 0 Å². The van der Waals surface area contributed by atoms with Crippen LogP contribution in [0.2, 0.25) is 0 Å². The first kappa shape index (κ1) is 28.0. The second-order valence-electron chi connectivity index (χ2n) is 10.4. The Hall–Kier alpha value is -3.59. The number of methoxy groups -OCH3 is 1. The molecule has 0 saturated heterocycles. The van der Waals surface area contributed by atoms with E-state index in [1.807, 2.05) is 37.3 Å². The first-order valence-corrected chi connectivity index (χ1v) is 15.4. The summed E-state index contributed by atoms with van der Waals surface area (Å²) >= 11 is 0. The van der Waals surface area contributed by atoms with Gasteiger partial charge in [-0.3, -0.25) is 4.79 Å². The van der Waals surface area contributed by atoms with Crippen molar-refractivity contribution in [3.63, 3.8) is 0 Å². The highest BCUT2D eigenvalue weighted by Crippen LogP contribution is 2.45. The number of benzene rings is 3. The summed E-state index contributed by atoms with van der Waals surface area (Å²) in [5.41, 5.74) is 5.20. The van der Waals surface area contributed by atoms with Gasteiger partial charge in [0, 0.05) is 29.4 Å². The molecule has 0 aromatic heterocycles. The van der Waals surface area contributed by atoms with E-state index < -0.39 is 15.9 Å². The molecule has 0 amide bonds. The normalized spacial score (nSPS) is 17.6. The molecule has 212 valence electrons. The number of hydrogen-bond acceptors (Lipinski definition) is 7. The van der Waals surface area contributed by atoms with Gasteiger partial charge >= 0.3 is 5.97 Å². The summed E-state index contributed by atoms with van der Waals surface area (Å²) in [7, 11) is -1.67. The molecule has 0 saturated carbocycles. The van der Waals surface area contributed by atoms with Crippen LogP contribution in [0.1, 0.15) is 53.5 Å². The van der Waals surface area contributed by atoms with Crippen molar-refractivity contribution < 1.29 is 36.6 Å². The van der Waals surface area contributed by atoms with Gasteiger partial charge in [0.05, 0.1) is 32.5 Å². The first-order valence-electron chi connectivity index (χ1n) is 13.4. The topological polar surface area (TPSA) is 88.1 Å². The van der Waals surface area contributed by atoms with E-state index in [4.69, 9.17) is 18.9 Å². The van der Waals surface area contributed by atoms with Gasteiger partial charge in [0.15, 0.2) is 0 Å². The number of ether oxygens (including phenoxy) is 4. The lowest BCUT2D eigenvalue weighted by molar-refractivity contribution is -0.141. The van der Waals surface area contributed by atoms with E-state index in [0.717, 1.165) is 27.8 Å². The predicted molar refractivity (Wildman–Crippen MR) is 149 cm³/mol. The molecule has 2 atom stereocenters. The van der Waals surface area contributed by atoms with E-state index in [9.17, 15) is 13.2 Å². The van der Waals surface area contributed by atoms with Crippen molar-refractivity contribution in [2.45, 2.75) is 44.6 Å². The molecule has 0 N–H and O–H groups in total.